The molecule has 0 aliphatic carbocycles. The summed E-state index contributed by atoms with van der Waals surface area (Å²) in [6, 6.07) is 7.60. The van der Waals surface area contributed by atoms with Crippen LogP contribution >= 0.6 is 15.9 Å². The van der Waals surface area contributed by atoms with Crippen molar-refractivity contribution in [1.82, 2.24) is 5.32 Å². The van der Waals surface area contributed by atoms with E-state index < -0.39 is 0 Å². The Morgan fingerprint density at radius 1 is 1.40 bits per heavy atom. The number of benzene rings is 1. The van der Waals surface area contributed by atoms with E-state index >= 15 is 0 Å². The van der Waals surface area contributed by atoms with Gasteiger partial charge in [-0.15, -0.1) is 0 Å². The average molecular weight is 337 g/mol. The summed E-state index contributed by atoms with van der Waals surface area (Å²) in [4.78, 5) is 0. The lowest BCUT2D eigenvalue weighted by Gasteiger charge is -2.32. The van der Waals surface area contributed by atoms with Crippen LogP contribution in [0.1, 0.15) is 24.8 Å². The second-order valence-corrected chi connectivity index (χ2v) is 6.30. The number of nitriles is 1. The maximum atomic E-state index is 8.91. The second-order valence-electron chi connectivity index (χ2n) is 5.44. The molecule has 2 saturated heterocycles. The topological polar surface area (TPSA) is 54.3 Å². The largest absolute Gasteiger partial charge is 0.488 e. The monoisotopic (exact) mass is 336 g/mol. The summed E-state index contributed by atoms with van der Waals surface area (Å²) in [6.45, 7) is 2.70. The Hall–Kier alpha value is -1.09. The Bertz CT molecular complexity index is 535. The Morgan fingerprint density at radius 3 is 2.90 bits per heavy atom. The van der Waals surface area contributed by atoms with E-state index in [1.165, 1.54) is 0 Å². The first-order valence-electron chi connectivity index (χ1n) is 6.92. The highest BCUT2D eigenvalue weighted by molar-refractivity contribution is 9.10. The number of nitrogens with one attached hydrogen (secondary N) is 1. The number of nitrogens with zero attached hydrogens (tertiary/aromatic N) is 1. The van der Waals surface area contributed by atoms with Crippen LogP contribution in [-0.4, -0.2) is 31.4 Å². The van der Waals surface area contributed by atoms with Crippen molar-refractivity contribution in [3.8, 4) is 11.8 Å². The van der Waals surface area contributed by atoms with Gasteiger partial charge in [0.05, 0.1) is 17.8 Å². The van der Waals surface area contributed by atoms with E-state index in [2.05, 4.69) is 27.3 Å². The number of halogens is 1. The van der Waals surface area contributed by atoms with E-state index in [1.807, 2.05) is 12.1 Å². The van der Waals surface area contributed by atoms with Crippen LogP contribution in [0.2, 0.25) is 0 Å². The van der Waals surface area contributed by atoms with Gasteiger partial charge in [-0.3, -0.25) is 0 Å². The summed E-state index contributed by atoms with van der Waals surface area (Å²) in [6.07, 6.45) is 3.17. The van der Waals surface area contributed by atoms with Gasteiger partial charge in [0, 0.05) is 10.9 Å². The van der Waals surface area contributed by atoms with Gasteiger partial charge in [-0.1, -0.05) is 0 Å². The molecule has 1 aromatic rings. The average Bonchev–Trinajstić information content (AvgIpc) is 2.82. The zero-order valence-corrected chi connectivity index (χ0v) is 12.8. The van der Waals surface area contributed by atoms with Crippen LogP contribution in [-0.2, 0) is 4.74 Å². The molecule has 106 valence electrons. The predicted octanol–water partition coefficient (Wildman–Crippen LogP) is 2.61. The zero-order chi connectivity index (χ0) is 14.0. The van der Waals surface area contributed by atoms with Crippen LogP contribution in [0.4, 0.5) is 0 Å². The molecule has 0 bridgehead atoms. The van der Waals surface area contributed by atoms with E-state index in [1.54, 1.807) is 6.07 Å². The SMILES string of the molecule is N#Cc1ccc(OC2COC3(CCNCC3)C2)cc1Br. The van der Waals surface area contributed by atoms with Gasteiger partial charge >= 0.3 is 0 Å². The molecule has 2 fully saturated rings. The molecule has 5 heteroatoms. The van der Waals surface area contributed by atoms with Crippen LogP contribution in [0.25, 0.3) is 0 Å². The molecule has 0 radical (unpaired) electrons. The number of hydrogen-bond donors (Lipinski definition) is 1. The third kappa shape index (κ3) is 2.83. The lowest BCUT2D eigenvalue weighted by molar-refractivity contribution is -0.0205. The van der Waals surface area contributed by atoms with E-state index in [0.29, 0.717) is 12.2 Å². The molecule has 2 heterocycles. The maximum Gasteiger partial charge on any atom is 0.125 e. The van der Waals surface area contributed by atoms with Gasteiger partial charge in [-0.25, -0.2) is 0 Å². The van der Waals surface area contributed by atoms with Gasteiger partial charge in [0.2, 0.25) is 0 Å². The molecule has 4 nitrogen and oxygen atoms in total. The van der Waals surface area contributed by atoms with Gasteiger partial charge in [0.1, 0.15) is 17.9 Å². The summed E-state index contributed by atoms with van der Waals surface area (Å²) in [5.41, 5.74) is 0.634. The Kier molecular flexibility index (Phi) is 3.97. The number of piperidine rings is 1. The van der Waals surface area contributed by atoms with Crippen LogP contribution in [0.15, 0.2) is 22.7 Å². The third-order valence-corrected chi connectivity index (χ3v) is 4.71. The van der Waals surface area contributed by atoms with Gasteiger partial charge in [-0.05, 0) is 60.1 Å². The Morgan fingerprint density at radius 2 is 2.20 bits per heavy atom. The van der Waals surface area contributed by atoms with Crippen LogP contribution < -0.4 is 10.1 Å². The lowest BCUT2D eigenvalue weighted by Crippen LogP contribution is -2.41. The molecule has 2 aliphatic heterocycles. The first-order valence-corrected chi connectivity index (χ1v) is 7.71. The molecule has 0 saturated carbocycles. The van der Waals surface area contributed by atoms with Crippen molar-refractivity contribution < 1.29 is 9.47 Å². The molecule has 0 amide bonds. The molecular weight excluding hydrogens is 320 g/mol. The fraction of sp³-hybridized carbons (Fsp3) is 0.533. The molecule has 1 spiro atoms. The van der Waals surface area contributed by atoms with Crippen molar-refractivity contribution in [2.45, 2.75) is 31.0 Å². The lowest BCUT2D eigenvalue weighted by atomic mass is 9.89. The summed E-state index contributed by atoms with van der Waals surface area (Å²) in [7, 11) is 0. The van der Waals surface area contributed by atoms with Crippen molar-refractivity contribution >= 4 is 15.9 Å². The minimum atomic E-state index is 0.0136. The van der Waals surface area contributed by atoms with Crippen molar-refractivity contribution in [2.24, 2.45) is 0 Å². The predicted molar refractivity (Wildman–Crippen MR) is 78.7 cm³/mol. The Labute approximate surface area is 127 Å². The summed E-state index contributed by atoms with van der Waals surface area (Å²) < 4.78 is 12.8. The van der Waals surface area contributed by atoms with Crippen molar-refractivity contribution in [3.05, 3.63) is 28.2 Å². The molecule has 1 unspecified atom stereocenters. The zero-order valence-electron chi connectivity index (χ0n) is 11.2. The first kappa shape index (κ1) is 13.9. The summed E-state index contributed by atoms with van der Waals surface area (Å²) in [5.74, 6) is 0.787. The molecule has 0 aromatic heterocycles. The summed E-state index contributed by atoms with van der Waals surface area (Å²) >= 11 is 3.38. The smallest absolute Gasteiger partial charge is 0.125 e. The van der Waals surface area contributed by atoms with Crippen molar-refractivity contribution in [1.29, 1.82) is 5.26 Å². The quantitative estimate of drug-likeness (QED) is 0.901. The van der Waals surface area contributed by atoms with Gasteiger partial charge < -0.3 is 14.8 Å². The molecule has 3 rings (SSSR count). The van der Waals surface area contributed by atoms with Gasteiger partial charge in [0.25, 0.3) is 0 Å². The van der Waals surface area contributed by atoms with Crippen molar-refractivity contribution in [3.63, 3.8) is 0 Å². The highest BCUT2D eigenvalue weighted by Gasteiger charge is 2.42. The molecule has 1 aromatic carbocycles. The van der Waals surface area contributed by atoms with E-state index in [-0.39, 0.29) is 11.7 Å². The second kappa shape index (κ2) is 5.72. The van der Waals surface area contributed by atoms with Gasteiger partial charge in [-0.2, -0.15) is 5.26 Å². The van der Waals surface area contributed by atoms with Crippen LogP contribution in [0.3, 0.4) is 0 Å². The maximum absolute atomic E-state index is 8.91. The van der Waals surface area contributed by atoms with E-state index in [4.69, 9.17) is 14.7 Å². The van der Waals surface area contributed by atoms with E-state index in [0.717, 1.165) is 42.6 Å². The van der Waals surface area contributed by atoms with Crippen molar-refractivity contribution in [2.75, 3.05) is 19.7 Å². The third-order valence-electron chi connectivity index (χ3n) is 4.05. The van der Waals surface area contributed by atoms with Crippen LogP contribution in [0, 0.1) is 11.3 Å². The normalized spacial score (nSPS) is 24.5. The molecule has 1 N–H and O–H groups in total. The minimum Gasteiger partial charge on any atom is -0.488 e. The fourth-order valence-corrected chi connectivity index (χ4v) is 3.41. The summed E-state index contributed by atoms with van der Waals surface area (Å²) in [5, 5.41) is 12.3. The first-order chi connectivity index (χ1) is 9.71. The van der Waals surface area contributed by atoms with Crippen LogP contribution in [0.5, 0.6) is 5.75 Å². The number of rotatable bonds is 2. The minimum absolute atomic E-state index is 0.0136. The molecule has 1 atom stereocenters. The highest BCUT2D eigenvalue weighted by atomic mass is 79.9. The number of ether oxygens (including phenoxy) is 2. The Balaban J connectivity index is 1.64. The van der Waals surface area contributed by atoms with Gasteiger partial charge in [0.15, 0.2) is 0 Å². The fourth-order valence-electron chi connectivity index (χ4n) is 2.96. The molecule has 2 aliphatic rings. The number of hydrogen-bond acceptors (Lipinski definition) is 4. The molecular formula is C15H17BrN2O2. The van der Waals surface area contributed by atoms with E-state index in [9.17, 15) is 0 Å². The molecule has 20 heavy (non-hydrogen) atoms. The highest BCUT2D eigenvalue weighted by Crippen LogP contribution is 2.36. The standard InChI is InChI=1S/C15H17BrN2O2/c16-14-7-12(2-1-11(14)9-17)20-13-8-15(19-10-13)3-5-18-6-4-15/h1-2,7,13,18H,3-6,8,10H2.